The van der Waals surface area contributed by atoms with Gasteiger partial charge in [-0.25, -0.2) is 4.79 Å². The van der Waals surface area contributed by atoms with Gasteiger partial charge in [0.15, 0.2) is 0 Å². The first-order chi connectivity index (χ1) is 10.8. The van der Waals surface area contributed by atoms with Gasteiger partial charge in [0.05, 0.1) is 5.56 Å². The van der Waals surface area contributed by atoms with Gasteiger partial charge in [-0.1, -0.05) is 32.9 Å². The molecule has 4 heteroatoms. The molecule has 0 spiro atoms. The lowest BCUT2D eigenvalue weighted by Gasteiger charge is -2.33. The fourth-order valence-electron chi connectivity index (χ4n) is 2.79. The van der Waals surface area contributed by atoms with Crippen LogP contribution in [0.3, 0.4) is 0 Å². The lowest BCUT2D eigenvalue weighted by Crippen LogP contribution is -2.47. The van der Waals surface area contributed by atoms with Gasteiger partial charge in [-0.3, -0.25) is 4.90 Å². The van der Waals surface area contributed by atoms with Crippen LogP contribution in [0.2, 0.25) is 0 Å². The molecular weight excluding hydrogens is 288 g/mol. The molecule has 1 aliphatic heterocycles. The van der Waals surface area contributed by atoms with Gasteiger partial charge in [-0.15, -0.1) is 0 Å². The van der Waals surface area contributed by atoms with Crippen molar-refractivity contribution in [3.8, 4) is 0 Å². The predicted molar refractivity (Wildman–Crippen MR) is 94.0 cm³/mol. The van der Waals surface area contributed by atoms with Crippen LogP contribution in [-0.2, 0) is 10.2 Å². The average Bonchev–Trinajstić information content (AvgIpc) is 2.49. The number of rotatable bonds is 4. The number of hydrogen-bond acceptors (Lipinski definition) is 4. The Bertz CT molecular complexity index is 511. The van der Waals surface area contributed by atoms with Crippen molar-refractivity contribution in [3.05, 3.63) is 35.4 Å². The van der Waals surface area contributed by atoms with Gasteiger partial charge in [0, 0.05) is 32.7 Å². The molecule has 0 aliphatic carbocycles. The van der Waals surface area contributed by atoms with Crippen LogP contribution in [0.25, 0.3) is 0 Å². The second-order valence-corrected chi connectivity index (χ2v) is 7.65. The molecule has 23 heavy (non-hydrogen) atoms. The zero-order valence-electron chi connectivity index (χ0n) is 15.1. The molecule has 1 aliphatic rings. The monoisotopic (exact) mass is 318 g/mol. The minimum Gasteiger partial charge on any atom is -0.458 e. The van der Waals surface area contributed by atoms with Crippen LogP contribution in [0, 0.1) is 0 Å². The maximum Gasteiger partial charge on any atom is 0.338 e. The number of hydrogen-bond donors (Lipinski definition) is 0. The van der Waals surface area contributed by atoms with Gasteiger partial charge in [0.25, 0.3) is 0 Å². The number of benzene rings is 1. The van der Waals surface area contributed by atoms with Crippen molar-refractivity contribution >= 4 is 5.97 Å². The Morgan fingerprint density at radius 3 is 2.22 bits per heavy atom. The molecule has 1 saturated heterocycles. The maximum atomic E-state index is 12.3. The van der Waals surface area contributed by atoms with E-state index < -0.39 is 0 Å². The fraction of sp³-hybridized carbons (Fsp3) is 0.632. The van der Waals surface area contributed by atoms with Crippen LogP contribution in [0.1, 0.15) is 43.6 Å². The number of nitrogens with zero attached hydrogens (tertiary/aromatic N) is 2. The molecule has 1 aromatic carbocycles. The summed E-state index contributed by atoms with van der Waals surface area (Å²) in [5, 5.41) is 0. The Balaban J connectivity index is 1.86. The van der Waals surface area contributed by atoms with Gasteiger partial charge in [-0.2, -0.15) is 0 Å². The summed E-state index contributed by atoms with van der Waals surface area (Å²) in [6.07, 6.45) is -0.0896. The molecule has 1 fully saturated rings. The van der Waals surface area contributed by atoms with Crippen LogP contribution in [0.5, 0.6) is 0 Å². The van der Waals surface area contributed by atoms with Crippen LogP contribution < -0.4 is 0 Å². The van der Waals surface area contributed by atoms with Crippen molar-refractivity contribution < 1.29 is 9.53 Å². The average molecular weight is 318 g/mol. The molecule has 1 atom stereocenters. The fourth-order valence-corrected chi connectivity index (χ4v) is 2.79. The molecule has 0 unspecified atom stereocenters. The third kappa shape index (κ3) is 5.33. The number of carbonyl (C=O) groups is 1. The second kappa shape index (κ2) is 7.45. The highest BCUT2D eigenvalue weighted by Gasteiger charge is 2.19. The van der Waals surface area contributed by atoms with Gasteiger partial charge >= 0.3 is 5.97 Å². The lowest BCUT2D eigenvalue weighted by atomic mass is 9.87. The highest BCUT2D eigenvalue weighted by molar-refractivity contribution is 5.89. The van der Waals surface area contributed by atoms with E-state index >= 15 is 0 Å². The zero-order chi connectivity index (χ0) is 17.0. The van der Waals surface area contributed by atoms with Crippen molar-refractivity contribution in [2.75, 3.05) is 39.8 Å². The number of carbonyl (C=O) groups excluding carboxylic acids is 1. The molecule has 0 aromatic heterocycles. The van der Waals surface area contributed by atoms with Crippen molar-refractivity contribution in [1.82, 2.24) is 9.80 Å². The molecule has 0 radical (unpaired) electrons. The number of piperazine rings is 1. The Kier molecular flexibility index (Phi) is 5.82. The summed E-state index contributed by atoms with van der Waals surface area (Å²) in [6, 6.07) is 7.76. The number of likely N-dealkylation sites (N-methyl/N-ethyl adjacent to an activating group) is 1. The van der Waals surface area contributed by atoms with E-state index in [1.807, 2.05) is 31.2 Å². The van der Waals surface area contributed by atoms with E-state index in [4.69, 9.17) is 4.74 Å². The van der Waals surface area contributed by atoms with Crippen molar-refractivity contribution in [2.45, 2.75) is 39.2 Å². The topological polar surface area (TPSA) is 32.8 Å². The van der Waals surface area contributed by atoms with E-state index in [1.54, 1.807) is 0 Å². The molecule has 2 rings (SSSR count). The highest BCUT2D eigenvalue weighted by Crippen LogP contribution is 2.22. The summed E-state index contributed by atoms with van der Waals surface area (Å²) in [5.74, 6) is -0.230. The quantitative estimate of drug-likeness (QED) is 0.799. The Morgan fingerprint density at radius 1 is 1.13 bits per heavy atom. The molecule has 1 heterocycles. The smallest absolute Gasteiger partial charge is 0.338 e. The standard InChI is InChI=1S/C19H30N2O2/c1-15(14-21-12-10-20(5)11-13-21)23-18(22)16-6-8-17(9-7-16)19(2,3)4/h6-9,15H,10-14H2,1-5H3/t15-/m1/s1. The first-order valence-corrected chi connectivity index (χ1v) is 8.48. The van der Waals surface area contributed by atoms with Crippen LogP contribution >= 0.6 is 0 Å². The van der Waals surface area contributed by atoms with Gasteiger partial charge in [0.2, 0.25) is 0 Å². The number of ether oxygens (including phenoxy) is 1. The molecule has 0 bridgehead atoms. The second-order valence-electron chi connectivity index (χ2n) is 7.65. The Hall–Kier alpha value is -1.39. The van der Waals surface area contributed by atoms with Gasteiger partial charge < -0.3 is 9.64 Å². The van der Waals surface area contributed by atoms with E-state index in [1.165, 1.54) is 5.56 Å². The minimum absolute atomic E-state index is 0.0896. The predicted octanol–water partition coefficient (Wildman–Crippen LogP) is 2.78. The molecular formula is C19H30N2O2. The molecule has 0 saturated carbocycles. The summed E-state index contributed by atoms with van der Waals surface area (Å²) < 4.78 is 5.60. The van der Waals surface area contributed by atoms with E-state index in [-0.39, 0.29) is 17.5 Å². The summed E-state index contributed by atoms with van der Waals surface area (Å²) in [7, 11) is 2.14. The summed E-state index contributed by atoms with van der Waals surface area (Å²) in [5.41, 5.74) is 1.94. The normalized spacial score (nSPS) is 18.7. The number of esters is 1. The van der Waals surface area contributed by atoms with Crippen molar-refractivity contribution in [1.29, 1.82) is 0 Å². The minimum atomic E-state index is -0.230. The van der Waals surface area contributed by atoms with Crippen LogP contribution in [-0.4, -0.2) is 61.6 Å². The first-order valence-electron chi connectivity index (χ1n) is 8.48. The molecule has 0 amide bonds. The Morgan fingerprint density at radius 2 is 1.70 bits per heavy atom. The third-order valence-electron chi connectivity index (χ3n) is 4.41. The highest BCUT2D eigenvalue weighted by atomic mass is 16.5. The zero-order valence-corrected chi connectivity index (χ0v) is 15.1. The van der Waals surface area contributed by atoms with Crippen LogP contribution in [0.4, 0.5) is 0 Å². The van der Waals surface area contributed by atoms with Crippen molar-refractivity contribution in [2.24, 2.45) is 0 Å². The van der Waals surface area contributed by atoms with E-state index in [0.717, 1.165) is 32.7 Å². The Labute approximate surface area is 140 Å². The maximum absolute atomic E-state index is 12.3. The molecule has 4 nitrogen and oxygen atoms in total. The molecule has 128 valence electrons. The van der Waals surface area contributed by atoms with E-state index in [9.17, 15) is 4.79 Å². The summed E-state index contributed by atoms with van der Waals surface area (Å²) >= 11 is 0. The SMILES string of the molecule is C[C@H](CN1CCN(C)CC1)OC(=O)c1ccc(C(C)(C)C)cc1. The first kappa shape index (κ1) is 18.0. The van der Waals surface area contributed by atoms with Gasteiger partial charge in [-0.05, 0) is 37.1 Å². The van der Waals surface area contributed by atoms with E-state index in [0.29, 0.717) is 5.56 Å². The molecule has 0 N–H and O–H groups in total. The summed E-state index contributed by atoms with van der Waals surface area (Å²) in [4.78, 5) is 16.9. The molecule has 1 aromatic rings. The summed E-state index contributed by atoms with van der Waals surface area (Å²) in [6.45, 7) is 13.5. The van der Waals surface area contributed by atoms with Crippen molar-refractivity contribution in [3.63, 3.8) is 0 Å². The largest absolute Gasteiger partial charge is 0.458 e. The van der Waals surface area contributed by atoms with Crippen LogP contribution in [0.15, 0.2) is 24.3 Å². The third-order valence-corrected chi connectivity index (χ3v) is 4.41. The van der Waals surface area contributed by atoms with Gasteiger partial charge in [0.1, 0.15) is 6.10 Å². The van der Waals surface area contributed by atoms with E-state index in [2.05, 4.69) is 37.6 Å². The lowest BCUT2D eigenvalue weighted by molar-refractivity contribution is 0.0207.